The summed E-state index contributed by atoms with van der Waals surface area (Å²) in [6, 6.07) is 0. The van der Waals surface area contributed by atoms with Gasteiger partial charge in [0.05, 0.1) is 19.8 Å². The molecule has 60 heavy (non-hydrogen) atoms. The average molecular weight is 855 g/mol. The smallest absolute Gasteiger partial charge is 0.306 e. The van der Waals surface area contributed by atoms with Crippen molar-refractivity contribution in [1.82, 2.24) is 0 Å². The molecule has 1 heterocycles. The normalized spacial score (nSPS) is 20.0. The Morgan fingerprint density at radius 2 is 0.917 bits per heavy atom. The van der Waals surface area contributed by atoms with Gasteiger partial charge >= 0.3 is 5.97 Å². The zero-order valence-corrected chi connectivity index (χ0v) is 39.2. The van der Waals surface area contributed by atoms with Crippen molar-refractivity contribution in [2.24, 2.45) is 0 Å². The second-order valence-electron chi connectivity index (χ2n) is 18.0. The summed E-state index contributed by atoms with van der Waals surface area (Å²) in [4.78, 5) is 12.8. The Balaban J connectivity index is 2.16. The number of unbranched alkanes of at least 4 members (excludes halogenated alkanes) is 32. The fourth-order valence-corrected chi connectivity index (χ4v) is 8.14. The maximum Gasteiger partial charge on any atom is 0.306 e. The molecule has 1 fully saturated rings. The van der Waals surface area contributed by atoms with E-state index in [1.807, 2.05) is 0 Å². The van der Waals surface area contributed by atoms with Gasteiger partial charge in [-0.2, -0.15) is 0 Å². The number of hydrogen-bond donors (Lipinski definition) is 4. The minimum absolute atomic E-state index is 0.111. The summed E-state index contributed by atoms with van der Waals surface area (Å²) in [7, 11) is 0. The van der Waals surface area contributed by atoms with Crippen LogP contribution in [0.2, 0.25) is 0 Å². The minimum Gasteiger partial charge on any atom is -0.457 e. The van der Waals surface area contributed by atoms with Gasteiger partial charge in [0, 0.05) is 13.0 Å². The Hall–Kier alpha value is -1.07. The fraction of sp³-hybridized carbons (Fsp3) is 0.941. The monoisotopic (exact) mass is 855 g/mol. The van der Waals surface area contributed by atoms with Crippen LogP contribution in [0, 0.1) is 0 Å². The molecule has 1 rings (SSSR count). The third-order valence-electron chi connectivity index (χ3n) is 12.2. The Morgan fingerprint density at radius 3 is 1.35 bits per heavy atom. The van der Waals surface area contributed by atoms with E-state index in [1.165, 1.54) is 180 Å². The molecule has 9 heteroatoms. The highest BCUT2D eigenvalue weighted by atomic mass is 16.7. The molecule has 0 aromatic carbocycles. The first kappa shape index (κ1) is 56.9. The van der Waals surface area contributed by atoms with Crippen molar-refractivity contribution in [1.29, 1.82) is 0 Å². The number of aliphatic hydroxyl groups is 4. The predicted octanol–water partition coefficient (Wildman–Crippen LogP) is 12.4. The van der Waals surface area contributed by atoms with Gasteiger partial charge in [-0.15, -0.1) is 0 Å². The van der Waals surface area contributed by atoms with Crippen LogP contribution in [0.4, 0.5) is 0 Å². The first-order valence-electron chi connectivity index (χ1n) is 25.8. The van der Waals surface area contributed by atoms with Crippen LogP contribution < -0.4 is 0 Å². The van der Waals surface area contributed by atoms with Crippen LogP contribution >= 0.6 is 0 Å². The highest BCUT2D eigenvalue weighted by Gasteiger charge is 2.44. The summed E-state index contributed by atoms with van der Waals surface area (Å²) in [6.45, 7) is 4.59. The number of allylic oxidation sites excluding steroid dienone is 2. The number of hydrogen-bond acceptors (Lipinski definition) is 9. The second kappa shape index (κ2) is 43.2. The van der Waals surface area contributed by atoms with E-state index in [1.54, 1.807) is 0 Å². The van der Waals surface area contributed by atoms with Crippen LogP contribution in [0.3, 0.4) is 0 Å². The zero-order chi connectivity index (χ0) is 43.6. The quantitative estimate of drug-likeness (QED) is 0.0268. The maximum atomic E-state index is 12.8. The Bertz CT molecular complexity index is 930. The maximum absolute atomic E-state index is 12.8. The summed E-state index contributed by atoms with van der Waals surface area (Å²) in [6.07, 6.45) is 42.5. The number of esters is 1. The van der Waals surface area contributed by atoms with Gasteiger partial charge in [0.1, 0.15) is 30.5 Å². The molecule has 9 nitrogen and oxygen atoms in total. The third-order valence-corrected chi connectivity index (χ3v) is 12.2. The van der Waals surface area contributed by atoms with Crippen LogP contribution in [-0.4, -0.2) is 89.6 Å². The zero-order valence-electron chi connectivity index (χ0n) is 39.2. The van der Waals surface area contributed by atoms with Crippen molar-refractivity contribution in [2.75, 3.05) is 26.4 Å². The van der Waals surface area contributed by atoms with E-state index in [9.17, 15) is 25.2 Å². The molecule has 0 aliphatic carbocycles. The molecule has 1 saturated heterocycles. The lowest BCUT2D eigenvalue weighted by Crippen LogP contribution is -2.59. The first-order chi connectivity index (χ1) is 29.4. The summed E-state index contributed by atoms with van der Waals surface area (Å²) in [5.41, 5.74) is 0. The van der Waals surface area contributed by atoms with Crippen molar-refractivity contribution in [3.8, 4) is 0 Å². The Morgan fingerprint density at radius 1 is 0.517 bits per heavy atom. The molecule has 0 radical (unpaired) electrons. The second-order valence-corrected chi connectivity index (χ2v) is 18.0. The number of aliphatic hydroxyl groups excluding tert-OH is 4. The lowest BCUT2D eigenvalue weighted by Gasteiger charge is -2.39. The lowest BCUT2D eigenvalue weighted by atomic mass is 9.99. The van der Waals surface area contributed by atoms with Gasteiger partial charge in [-0.1, -0.05) is 212 Å². The Labute approximate surface area is 369 Å². The predicted molar refractivity (Wildman–Crippen MR) is 247 cm³/mol. The van der Waals surface area contributed by atoms with Crippen molar-refractivity contribution in [2.45, 2.75) is 282 Å². The number of ether oxygens (including phenoxy) is 4. The molecule has 4 N–H and O–H groups in total. The van der Waals surface area contributed by atoms with Gasteiger partial charge in [-0.25, -0.2) is 0 Å². The van der Waals surface area contributed by atoms with Gasteiger partial charge in [-0.3, -0.25) is 4.79 Å². The molecular formula is C51H98O9. The van der Waals surface area contributed by atoms with Gasteiger partial charge in [0.25, 0.3) is 0 Å². The lowest BCUT2D eigenvalue weighted by molar-refractivity contribution is -0.305. The topological polar surface area (TPSA) is 135 Å². The first-order valence-corrected chi connectivity index (χ1v) is 25.8. The van der Waals surface area contributed by atoms with Crippen LogP contribution in [0.25, 0.3) is 0 Å². The highest BCUT2D eigenvalue weighted by Crippen LogP contribution is 2.23. The van der Waals surface area contributed by atoms with E-state index in [0.29, 0.717) is 13.0 Å². The number of carbonyl (C=O) groups is 1. The van der Waals surface area contributed by atoms with Crippen LogP contribution in [-0.2, 0) is 23.7 Å². The minimum atomic E-state index is -1.53. The van der Waals surface area contributed by atoms with E-state index >= 15 is 0 Å². The van der Waals surface area contributed by atoms with Crippen molar-refractivity contribution in [3.63, 3.8) is 0 Å². The summed E-state index contributed by atoms with van der Waals surface area (Å²) in [5, 5.41) is 40.2. The molecule has 1 aliphatic heterocycles. The van der Waals surface area contributed by atoms with E-state index < -0.39 is 43.4 Å². The standard InChI is InChI=1S/C51H98O9/c1-3-5-7-9-11-13-15-17-19-20-21-22-23-24-25-26-27-29-31-33-35-37-39-41-57-43-45(44-58-51-50(56)49(55)48(54)46(42-52)60-51)59-47(53)40-38-36-34-32-30-28-18-16-14-12-10-8-6-4-2/h16,18,45-46,48-52,54-56H,3-15,17,19-44H2,1-2H3/b18-16-. The molecule has 0 aromatic heterocycles. The van der Waals surface area contributed by atoms with Crippen LogP contribution in [0.5, 0.6) is 0 Å². The molecule has 356 valence electrons. The van der Waals surface area contributed by atoms with E-state index in [-0.39, 0.29) is 19.2 Å². The van der Waals surface area contributed by atoms with Gasteiger partial charge < -0.3 is 39.4 Å². The molecule has 0 aromatic rings. The molecule has 0 bridgehead atoms. The van der Waals surface area contributed by atoms with Crippen molar-refractivity contribution in [3.05, 3.63) is 12.2 Å². The molecule has 1 aliphatic rings. The van der Waals surface area contributed by atoms with Crippen LogP contribution in [0.15, 0.2) is 12.2 Å². The van der Waals surface area contributed by atoms with Gasteiger partial charge in [0.2, 0.25) is 0 Å². The molecule has 0 spiro atoms. The molecule has 0 saturated carbocycles. The van der Waals surface area contributed by atoms with E-state index in [0.717, 1.165) is 44.9 Å². The Kier molecular flexibility index (Phi) is 41.0. The average Bonchev–Trinajstić information content (AvgIpc) is 3.25. The fourth-order valence-electron chi connectivity index (χ4n) is 8.14. The van der Waals surface area contributed by atoms with Crippen molar-refractivity contribution >= 4 is 5.97 Å². The summed E-state index contributed by atoms with van der Waals surface area (Å²) < 4.78 is 22.9. The largest absolute Gasteiger partial charge is 0.457 e. The van der Waals surface area contributed by atoms with Crippen LogP contribution in [0.1, 0.15) is 245 Å². The SMILES string of the molecule is CCCCCCC/C=C\CCCCCCCC(=O)OC(COCCCCCCCCCCCCCCCCCCCCCCCCC)COC1OC(CO)C(O)C(O)C1O. The van der Waals surface area contributed by atoms with Gasteiger partial charge in [-0.05, 0) is 38.5 Å². The molecule has 0 amide bonds. The summed E-state index contributed by atoms with van der Waals surface area (Å²) in [5.74, 6) is -0.317. The highest BCUT2D eigenvalue weighted by molar-refractivity contribution is 5.69. The third kappa shape index (κ3) is 33.5. The molecule has 6 unspecified atom stereocenters. The summed E-state index contributed by atoms with van der Waals surface area (Å²) >= 11 is 0. The number of rotatable bonds is 45. The van der Waals surface area contributed by atoms with E-state index in [4.69, 9.17) is 18.9 Å². The number of carbonyl (C=O) groups excluding carboxylic acids is 1. The van der Waals surface area contributed by atoms with Gasteiger partial charge in [0.15, 0.2) is 6.29 Å². The van der Waals surface area contributed by atoms with E-state index in [2.05, 4.69) is 26.0 Å². The molecule has 6 atom stereocenters. The van der Waals surface area contributed by atoms with Crippen molar-refractivity contribution < 1.29 is 44.2 Å². The molecular weight excluding hydrogens is 757 g/mol.